The van der Waals surface area contributed by atoms with Crippen molar-refractivity contribution in [2.75, 3.05) is 26.8 Å². The second-order valence-corrected chi connectivity index (χ2v) is 6.93. The molecule has 0 unspecified atom stereocenters. The van der Waals surface area contributed by atoms with Gasteiger partial charge in [0.15, 0.2) is 5.96 Å². The highest BCUT2D eigenvalue weighted by molar-refractivity contribution is 5.79. The van der Waals surface area contributed by atoms with Crippen LogP contribution in [0, 0.1) is 12.3 Å². The highest BCUT2D eigenvalue weighted by Crippen LogP contribution is 2.40. The summed E-state index contributed by atoms with van der Waals surface area (Å²) in [4.78, 5) is 4.78. The van der Waals surface area contributed by atoms with Gasteiger partial charge in [0.05, 0.1) is 6.54 Å². The van der Waals surface area contributed by atoms with Crippen molar-refractivity contribution in [3.05, 3.63) is 35.4 Å². The molecular weight excluding hydrogens is 298 g/mol. The zero-order valence-electron chi connectivity index (χ0n) is 15.5. The second kappa shape index (κ2) is 9.67. The number of methoxy groups -OCH3 is 1. The van der Waals surface area contributed by atoms with Crippen molar-refractivity contribution in [1.82, 2.24) is 10.6 Å². The van der Waals surface area contributed by atoms with Gasteiger partial charge in [-0.15, -0.1) is 0 Å². The number of hydrogen-bond donors (Lipinski definition) is 2. The maximum absolute atomic E-state index is 5.33. The summed E-state index contributed by atoms with van der Waals surface area (Å²) in [5.74, 6) is 0.921. The highest BCUT2D eigenvalue weighted by Gasteiger charge is 2.33. The first-order valence-electron chi connectivity index (χ1n) is 9.25. The van der Waals surface area contributed by atoms with Crippen LogP contribution in [0.15, 0.2) is 29.3 Å². The van der Waals surface area contributed by atoms with Crippen LogP contribution in [-0.4, -0.2) is 32.8 Å². The monoisotopic (exact) mass is 331 g/mol. The summed E-state index contributed by atoms with van der Waals surface area (Å²) in [5, 5.41) is 6.96. The van der Waals surface area contributed by atoms with E-state index in [2.05, 4.69) is 48.7 Å². The molecule has 1 aliphatic carbocycles. The van der Waals surface area contributed by atoms with Crippen LogP contribution in [0.4, 0.5) is 0 Å². The third-order valence-electron chi connectivity index (χ3n) is 5.14. The lowest BCUT2D eigenvalue weighted by molar-refractivity contribution is 0.138. The number of hydrogen-bond acceptors (Lipinski definition) is 2. The van der Waals surface area contributed by atoms with Gasteiger partial charge in [0, 0.05) is 26.8 Å². The number of benzene rings is 1. The minimum absolute atomic E-state index is 0.370. The summed E-state index contributed by atoms with van der Waals surface area (Å²) in [6, 6.07) is 8.45. The standard InChI is InChI=1S/C20H33N3O/c1-4-21-19(22-15-18-10-6-5-9-17(18)2)23-16-20(13-14-24-3)11-7-8-12-20/h5-6,9-10H,4,7-8,11-16H2,1-3H3,(H2,21,22,23). The maximum atomic E-state index is 5.33. The average Bonchev–Trinajstić information content (AvgIpc) is 3.06. The Balaban J connectivity index is 1.96. The van der Waals surface area contributed by atoms with Crippen molar-refractivity contribution < 1.29 is 4.74 Å². The van der Waals surface area contributed by atoms with Crippen LogP contribution in [0.1, 0.15) is 50.2 Å². The molecule has 0 aliphatic heterocycles. The topological polar surface area (TPSA) is 45.7 Å². The highest BCUT2D eigenvalue weighted by atomic mass is 16.5. The van der Waals surface area contributed by atoms with Crippen LogP contribution in [0.5, 0.6) is 0 Å². The maximum Gasteiger partial charge on any atom is 0.191 e. The van der Waals surface area contributed by atoms with Crippen molar-refractivity contribution in [2.45, 2.75) is 52.5 Å². The van der Waals surface area contributed by atoms with Gasteiger partial charge in [0.1, 0.15) is 0 Å². The number of aliphatic imine (C=N–C) groups is 1. The fraction of sp³-hybridized carbons (Fsp3) is 0.650. The number of nitrogens with one attached hydrogen (secondary N) is 2. The van der Waals surface area contributed by atoms with E-state index < -0.39 is 0 Å². The van der Waals surface area contributed by atoms with Crippen LogP contribution in [0.3, 0.4) is 0 Å². The minimum atomic E-state index is 0.370. The third kappa shape index (κ3) is 5.52. The molecule has 1 fully saturated rings. The minimum Gasteiger partial charge on any atom is -0.385 e. The number of guanidine groups is 1. The Morgan fingerprint density at radius 2 is 1.96 bits per heavy atom. The second-order valence-electron chi connectivity index (χ2n) is 6.93. The first-order chi connectivity index (χ1) is 11.7. The molecule has 1 aliphatic rings. The number of rotatable bonds is 8. The Labute approximate surface area is 147 Å². The van der Waals surface area contributed by atoms with Crippen molar-refractivity contribution in [3.63, 3.8) is 0 Å². The lowest BCUT2D eigenvalue weighted by Gasteiger charge is -2.30. The van der Waals surface area contributed by atoms with Crippen molar-refractivity contribution in [3.8, 4) is 0 Å². The Kier molecular flexibility index (Phi) is 7.57. The Morgan fingerprint density at radius 3 is 2.62 bits per heavy atom. The number of ether oxygens (including phenoxy) is 1. The van der Waals surface area contributed by atoms with Crippen LogP contribution < -0.4 is 10.6 Å². The molecule has 0 atom stereocenters. The summed E-state index contributed by atoms with van der Waals surface area (Å²) in [7, 11) is 1.80. The summed E-state index contributed by atoms with van der Waals surface area (Å²) >= 11 is 0. The molecule has 4 nitrogen and oxygen atoms in total. The van der Waals surface area contributed by atoms with Crippen molar-refractivity contribution in [2.24, 2.45) is 10.4 Å². The van der Waals surface area contributed by atoms with E-state index in [1.54, 1.807) is 7.11 Å². The van der Waals surface area contributed by atoms with Crippen LogP contribution in [0.25, 0.3) is 0 Å². The SMILES string of the molecule is CCNC(=NCc1ccccc1C)NCC1(CCOC)CCCC1. The van der Waals surface area contributed by atoms with Crippen LogP contribution >= 0.6 is 0 Å². The van der Waals surface area contributed by atoms with E-state index in [0.29, 0.717) is 12.0 Å². The van der Waals surface area contributed by atoms with E-state index in [1.165, 1.54) is 36.8 Å². The van der Waals surface area contributed by atoms with E-state index in [0.717, 1.165) is 32.1 Å². The van der Waals surface area contributed by atoms with Crippen molar-refractivity contribution in [1.29, 1.82) is 0 Å². The molecule has 0 spiro atoms. The molecule has 0 saturated heterocycles. The van der Waals surface area contributed by atoms with Gasteiger partial charge >= 0.3 is 0 Å². The molecule has 0 bridgehead atoms. The first kappa shape index (κ1) is 18.8. The molecule has 0 heterocycles. The van der Waals surface area contributed by atoms with E-state index in [9.17, 15) is 0 Å². The Morgan fingerprint density at radius 1 is 1.21 bits per heavy atom. The zero-order valence-corrected chi connectivity index (χ0v) is 15.5. The average molecular weight is 332 g/mol. The van der Waals surface area contributed by atoms with Gasteiger partial charge < -0.3 is 15.4 Å². The van der Waals surface area contributed by atoms with Gasteiger partial charge in [-0.05, 0) is 49.7 Å². The molecule has 24 heavy (non-hydrogen) atoms. The molecule has 1 saturated carbocycles. The Bertz CT molecular complexity index is 521. The smallest absolute Gasteiger partial charge is 0.191 e. The van der Waals surface area contributed by atoms with E-state index >= 15 is 0 Å². The van der Waals surface area contributed by atoms with E-state index in [1.807, 2.05) is 0 Å². The van der Waals surface area contributed by atoms with Gasteiger partial charge in [0.25, 0.3) is 0 Å². The summed E-state index contributed by atoms with van der Waals surface area (Å²) < 4.78 is 5.33. The van der Waals surface area contributed by atoms with Gasteiger partial charge in [-0.3, -0.25) is 0 Å². The first-order valence-corrected chi connectivity index (χ1v) is 9.25. The predicted molar refractivity (Wildman–Crippen MR) is 101 cm³/mol. The quantitative estimate of drug-likeness (QED) is 0.564. The summed E-state index contributed by atoms with van der Waals surface area (Å²) in [6.07, 6.45) is 6.39. The van der Waals surface area contributed by atoms with Crippen LogP contribution in [0.2, 0.25) is 0 Å². The molecule has 0 radical (unpaired) electrons. The molecule has 0 aromatic heterocycles. The molecule has 134 valence electrons. The summed E-state index contributed by atoms with van der Waals surface area (Å²) in [5.41, 5.74) is 2.95. The lowest BCUT2D eigenvalue weighted by Crippen LogP contribution is -2.43. The molecular formula is C20H33N3O. The molecule has 2 N–H and O–H groups in total. The Hall–Kier alpha value is -1.55. The molecule has 1 aromatic carbocycles. The zero-order chi connectivity index (χ0) is 17.3. The number of nitrogens with zero attached hydrogens (tertiary/aromatic N) is 1. The van der Waals surface area contributed by atoms with E-state index in [4.69, 9.17) is 9.73 Å². The molecule has 0 amide bonds. The summed E-state index contributed by atoms with van der Waals surface area (Å²) in [6.45, 7) is 7.68. The van der Waals surface area contributed by atoms with E-state index in [-0.39, 0.29) is 0 Å². The third-order valence-corrected chi connectivity index (χ3v) is 5.14. The van der Waals surface area contributed by atoms with Gasteiger partial charge in [-0.1, -0.05) is 37.1 Å². The predicted octanol–water partition coefficient (Wildman–Crippen LogP) is 3.65. The lowest BCUT2D eigenvalue weighted by atomic mass is 9.83. The fourth-order valence-corrected chi connectivity index (χ4v) is 3.52. The van der Waals surface area contributed by atoms with Gasteiger partial charge in [-0.25, -0.2) is 4.99 Å². The molecule has 1 aromatic rings. The molecule has 2 rings (SSSR count). The van der Waals surface area contributed by atoms with Crippen molar-refractivity contribution >= 4 is 5.96 Å². The van der Waals surface area contributed by atoms with Crippen LogP contribution in [-0.2, 0) is 11.3 Å². The largest absolute Gasteiger partial charge is 0.385 e. The fourth-order valence-electron chi connectivity index (χ4n) is 3.52. The van der Waals surface area contributed by atoms with Gasteiger partial charge in [-0.2, -0.15) is 0 Å². The normalized spacial score (nSPS) is 17.0. The molecule has 4 heteroatoms. The van der Waals surface area contributed by atoms with Gasteiger partial charge in [0.2, 0.25) is 0 Å². The number of aryl methyl sites for hydroxylation is 1.